The minimum Gasteiger partial charge on any atom is -0.348 e. The number of sulfonamides is 1. The van der Waals surface area contributed by atoms with Crippen molar-refractivity contribution in [1.29, 1.82) is 5.26 Å². The van der Waals surface area contributed by atoms with E-state index in [2.05, 4.69) is 20.3 Å². The van der Waals surface area contributed by atoms with Gasteiger partial charge >= 0.3 is 6.18 Å². The van der Waals surface area contributed by atoms with Crippen molar-refractivity contribution in [2.45, 2.75) is 31.7 Å². The third-order valence-electron chi connectivity index (χ3n) is 5.84. The summed E-state index contributed by atoms with van der Waals surface area (Å²) in [7, 11) is -3.60. The van der Waals surface area contributed by atoms with E-state index < -0.39 is 52.0 Å². The molecule has 15 heteroatoms. The van der Waals surface area contributed by atoms with E-state index in [0.29, 0.717) is 6.20 Å². The molecule has 0 aliphatic carbocycles. The number of halogens is 5. The molecule has 1 aliphatic heterocycles. The Morgan fingerprint density at radius 1 is 1.24 bits per heavy atom. The molecule has 4 rings (SSSR count). The summed E-state index contributed by atoms with van der Waals surface area (Å²) in [5, 5.41) is 11.6. The number of piperidine rings is 1. The fourth-order valence-electron chi connectivity index (χ4n) is 3.96. The summed E-state index contributed by atoms with van der Waals surface area (Å²) in [4.78, 5) is 11.8. The summed E-state index contributed by atoms with van der Waals surface area (Å²) in [5.41, 5.74) is -2.01. The Hall–Kier alpha value is -3.64. The molecule has 0 amide bonds. The first-order valence-corrected chi connectivity index (χ1v) is 12.7. The van der Waals surface area contributed by atoms with E-state index in [-0.39, 0.29) is 41.7 Å². The Balaban J connectivity index is 1.69. The lowest BCUT2D eigenvalue weighted by molar-refractivity contribution is -0.137. The summed E-state index contributed by atoms with van der Waals surface area (Å²) in [6.07, 6.45) is -3.79. The molecule has 196 valence electrons. The lowest BCUT2D eigenvalue weighted by Crippen LogP contribution is -2.49. The molecule has 0 spiro atoms. The fraction of sp³-hybridized carbons (Fsp3) is 0.364. The molecule has 3 aromatic rings. The molecular formula is C22H20F5N7O2S. The van der Waals surface area contributed by atoms with Gasteiger partial charge in [-0.15, -0.1) is 0 Å². The smallest absolute Gasteiger partial charge is 0.348 e. The van der Waals surface area contributed by atoms with Gasteiger partial charge in [0.2, 0.25) is 16.0 Å². The number of aryl methyl sites for hydroxylation is 1. The van der Waals surface area contributed by atoms with Crippen LogP contribution in [0.15, 0.2) is 30.6 Å². The highest BCUT2D eigenvalue weighted by Crippen LogP contribution is 2.36. The standard InChI is InChI=1S/C22H20F5N7O2S/c1-12-30-18(11-34(12)19-4-3-13(8-28)7-15(19)23)20-14(22(25,26)27)9-29-21(32-20)31-17-5-6-33(10-16(17)24)37(2,35)36/h3-4,7,9,11,16-17H,5-6,10H2,1-2H3,(H,29,31,32)/t16-,17+/m1/s1. The number of hydrogen-bond donors (Lipinski definition) is 1. The molecular weight excluding hydrogens is 521 g/mol. The van der Waals surface area contributed by atoms with Gasteiger partial charge in [-0.3, -0.25) is 0 Å². The van der Waals surface area contributed by atoms with E-state index in [1.807, 2.05) is 0 Å². The number of hydrogen-bond acceptors (Lipinski definition) is 7. The third-order valence-corrected chi connectivity index (χ3v) is 7.11. The fourth-order valence-corrected chi connectivity index (χ4v) is 4.81. The minimum absolute atomic E-state index is 0.0180. The summed E-state index contributed by atoms with van der Waals surface area (Å²) >= 11 is 0. The Morgan fingerprint density at radius 2 is 1.97 bits per heavy atom. The molecule has 2 aromatic heterocycles. The Bertz CT molecular complexity index is 1480. The summed E-state index contributed by atoms with van der Waals surface area (Å²) in [5.74, 6) is -0.932. The molecule has 0 bridgehead atoms. The zero-order valence-corrected chi connectivity index (χ0v) is 20.3. The Kier molecular flexibility index (Phi) is 6.91. The Morgan fingerprint density at radius 3 is 2.57 bits per heavy atom. The largest absolute Gasteiger partial charge is 0.420 e. The van der Waals surface area contributed by atoms with E-state index in [0.717, 1.165) is 16.6 Å². The van der Waals surface area contributed by atoms with Crippen LogP contribution in [-0.4, -0.2) is 63.8 Å². The molecule has 2 atom stereocenters. The number of imidazole rings is 1. The molecule has 0 radical (unpaired) electrons. The number of nitrogens with one attached hydrogen (secondary N) is 1. The maximum Gasteiger partial charge on any atom is 0.420 e. The molecule has 3 heterocycles. The minimum atomic E-state index is -4.85. The summed E-state index contributed by atoms with van der Waals surface area (Å²) < 4.78 is 96.1. The van der Waals surface area contributed by atoms with E-state index in [1.54, 1.807) is 6.07 Å². The second-order valence-electron chi connectivity index (χ2n) is 8.45. The SMILES string of the molecule is Cc1nc(-c2nc(N[C@H]3CCN(S(C)(=O)=O)C[C@H]3F)ncc2C(F)(F)F)cn1-c1ccc(C#N)cc1F. The van der Waals surface area contributed by atoms with Crippen molar-refractivity contribution >= 4 is 16.0 Å². The van der Waals surface area contributed by atoms with Gasteiger partial charge in [0.1, 0.15) is 34.8 Å². The Labute approximate surface area is 208 Å². The zero-order valence-electron chi connectivity index (χ0n) is 19.5. The summed E-state index contributed by atoms with van der Waals surface area (Å²) in [6.45, 7) is 1.06. The number of anilines is 1. The first kappa shape index (κ1) is 26.4. The highest BCUT2D eigenvalue weighted by atomic mass is 32.2. The zero-order chi connectivity index (χ0) is 27.1. The van der Waals surface area contributed by atoms with Crippen LogP contribution in [-0.2, 0) is 16.2 Å². The number of nitrogens with zero attached hydrogens (tertiary/aromatic N) is 6. The van der Waals surface area contributed by atoms with Crippen molar-refractivity contribution in [3.8, 4) is 23.1 Å². The van der Waals surface area contributed by atoms with Crippen molar-refractivity contribution in [3.05, 3.63) is 53.4 Å². The number of aromatic nitrogens is 4. The second-order valence-corrected chi connectivity index (χ2v) is 10.4. The van der Waals surface area contributed by atoms with Gasteiger partial charge in [0, 0.05) is 25.5 Å². The van der Waals surface area contributed by atoms with Gasteiger partial charge < -0.3 is 9.88 Å². The van der Waals surface area contributed by atoms with Gasteiger partial charge in [-0.2, -0.15) is 22.7 Å². The molecule has 0 saturated carbocycles. The van der Waals surface area contributed by atoms with E-state index in [9.17, 15) is 30.4 Å². The first-order chi connectivity index (χ1) is 17.3. The van der Waals surface area contributed by atoms with Crippen LogP contribution in [0.5, 0.6) is 0 Å². The van der Waals surface area contributed by atoms with E-state index in [1.165, 1.54) is 29.8 Å². The van der Waals surface area contributed by atoms with Crippen LogP contribution in [0.3, 0.4) is 0 Å². The number of rotatable bonds is 5. The summed E-state index contributed by atoms with van der Waals surface area (Å²) in [6, 6.07) is 4.51. The normalized spacial score (nSPS) is 19.0. The molecule has 1 saturated heterocycles. The van der Waals surface area contributed by atoms with Gasteiger partial charge in [0.25, 0.3) is 0 Å². The number of nitriles is 1. The topological polar surface area (TPSA) is 117 Å². The molecule has 1 N–H and O–H groups in total. The van der Waals surface area contributed by atoms with Crippen LogP contribution in [0.2, 0.25) is 0 Å². The first-order valence-electron chi connectivity index (χ1n) is 10.8. The predicted molar refractivity (Wildman–Crippen MR) is 122 cm³/mol. The number of benzene rings is 1. The highest BCUT2D eigenvalue weighted by molar-refractivity contribution is 7.88. The molecule has 1 aromatic carbocycles. The van der Waals surface area contributed by atoms with E-state index >= 15 is 0 Å². The lowest BCUT2D eigenvalue weighted by atomic mass is 10.1. The highest BCUT2D eigenvalue weighted by Gasteiger charge is 2.37. The van der Waals surface area contributed by atoms with Crippen molar-refractivity contribution in [2.75, 3.05) is 24.7 Å². The molecule has 0 unspecified atom stereocenters. The maximum absolute atomic E-state index is 14.7. The van der Waals surface area contributed by atoms with Crippen molar-refractivity contribution in [1.82, 2.24) is 23.8 Å². The third kappa shape index (κ3) is 5.54. The molecule has 9 nitrogen and oxygen atoms in total. The van der Waals surface area contributed by atoms with Gasteiger partial charge in [0.15, 0.2) is 0 Å². The predicted octanol–water partition coefficient (Wildman–Crippen LogP) is 3.45. The van der Waals surface area contributed by atoms with Crippen LogP contribution in [0.1, 0.15) is 23.4 Å². The average Bonchev–Trinajstić information content (AvgIpc) is 3.20. The van der Waals surface area contributed by atoms with Gasteiger partial charge in [-0.05, 0) is 31.5 Å². The van der Waals surface area contributed by atoms with Gasteiger partial charge in [-0.25, -0.2) is 32.2 Å². The monoisotopic (exact) mass is 541 g/mol. The van der Waals surface area contributed by atoms with Crippen molar-refractivity contribution < 1.29 is 30.4 Å². The second kappa shape index (κ2) is 9.67. The van der Waals surface area contributed by atoms with Crippen molar-refractivity contribution in [2.24, 2.45) is 0 Å². The molecule has 1 aliphatic rings. The van der Waals surface area contributed by atoms with Crippen LogP contribution < -0.4 is 5.32 Å². The number of alkyl halides is 4. The molecule has 1 fully saturated rings. The average molecular weight is 542 g/mol. The van der Waals surface area contributed by atoms with Gasteiger partial charge in [0.05, 0.1) is 29.6 Å². The van der Waals surface area contributed by atoms with Crippen molar-refractivity contribution in [3.63, 3.8) is 0 Å². The molecule has 37 heavy (non-hydrogen) atoms. The van der Waals surface area contributed by atoms with Gasteiger partial charge in [-0.1, -0.05) is 0 Å². The van der Waals surface area contributed by atoms with Crippen LogP contribution >= 0.6 is 0 Å². The van der Waals surface area contributed by atoms with Crippen LogP contribution in [0, 0.1) is 24.1 Å². The quantitative estimate of drug-likeness (QED) is 0.492. The van der Waals surface area contributed by atoms with Crippen LogP contribution in [0.25, 0.3) is 17.1 Å². The van der Waals surface area contributed by atoms with Crippen LogP contribution in [0.4, 0.5) is 27.9 Å². The maximum atomic E-state index is 14.7. The van der Waals surface area contributed by atoms with E-state index in [4.69, 9.17) is 5.26 Å². The lowest BCUT2D eigenvalue weighted by Gasteiger charge is -2.33.